The summed E-state index contributed by atoms with van der Waals surface area (Å²) >= 11 is 0. The Morgan fingerprint density at radius 1 is 1.35 bits per heavy atom. The van der Waals surface area contributed by atoms with Crippen LogP contribution in [0.5, 0.6) is 5.75 Å². The van der Waals surface area contributed by atoms with Crippen LogP contribution in [-0.4, -0.2) is 46.6 Å². The second kappa shape index (κ2) is 9.54. The molecule has 1 fully saturated rings. The van der Waals surface area contributed by atoms with Crippen molar-refractivity contribution in [2.45, 2.75) is 38.8 Å². The number of hydrogen-bond acceptors (Lipinski definition) is 5. The van der Waals surface area contributed by atoms with E-state index in [0.29, 0.717) is 18.3 Å². The fraction of sp³-hybridized carbons (Fsp3) is 0.500. The van der Waals surface area contributed by atoms with Crippen molar-refractivity contribution in [3.8, 4) is 5.75 Å². The molecule has 3 rings (SSSR count). The van der Waals surface area contributed by atoms with Crippen LogP contribution in [0, 0.1) is 6.92 Å². The van der Waals surface area contributed by atoms with Crippen molar-refractivity contribution in [2.75, 3.05) is 19.6 Å². The summed E-state index contributed by atoms with van der Waals surface area (Å²) in [6, 6.07) is 8.18. The average molecular weight is 380 g/mol. The fourth-order valence-electron chi connectivity index (χ4n) is 2.85. The van der Waals surface area contributed by atoms with E-state index < -0.39 is 0 Å². The lowest BCUT2D eigenvalue weighted by Gasteiger charge is -2.22. The highest BCUT2D eigenvalue weighted by molar-refractivity contribution is 5.91. The van der Waals surface area contributed by atoms with E-state index in [1.165, 1.54) is 5.56 Å². The summed E-state index contributed by atoms with van der Waals surface area (Å²) in [6.45, 7) is 6.31. The normalized spacial score (nSPS) is 15.8. The molecule has 1 aliphatic heterocycles. The molecule has 0 spiro atoms. The smallest absolute Gasteiger partial charge is 0.273 e. The van der Waals surface area contributed by atoms with Gasteiger partial charge in [-0.1, -0.05) is 22.9 Å². The highest BCUT2D eigenvalue weighted by Gasteiger charge is 2.19. The molecule has 1 amide bonds. The third kappa shape index (κ3) is 5.44. The first-order valence-corrected chi connectivity index (χ1v) is 8.76. The molecule has 26 heavy (non-hydrogen) atoms. The maximum absolute atomic E-state index is 12.2. The Morgan fingerprint density at radius 3 is 2.73 bits per heavy atom. The molecule has 0 bridgehead atoms. The van der Waals surface area contributed by atoms with Crippen LogP contribution in [0.2, 0.25) is 0 Å². The third-order valence-corrected chi connectivity index (χ3v) is 4.33. The number of halogens is 1. The van der Waals surface area contributed by atoms with E-state index in [1.54, 1.807) is 6.20 Å². The summed E-state index contributed by atoms with van der Waals surface area (Å²) in [5.41, 5.74) is 1.53. The summed E-state index contributed by atoms with van der Waals surface area (Å²) in [4.78, 5) is 12.2. The van der Waals surface area contributed by atoms with Crippen molar-refractivity contribution in [1.29, 1.82) is 0 Å². The number of aryl methyl sites for hydroxylation is 1. The summed E-state index contributed by atoms with van der Waals surface area (Å²) in [6.07, 6.45) is 3.61. The van der Waals surface area contributed by atoms with E-state index in [9.17, 15) is 4.79 Å². The molecule has 1 atom stereocenters. The van der Waals surface area contributed by atoms with Crippen LogP contribution in [0.25, 0.3) is 0 Å². The number of benzene rings is 1. The number of carbonyl (C=O) groups is 1. The second-order valence-electron chi connectivity index (χ2n) is 6.52. The number of ether oxygens (including phenoxy) is 1. The molecule has 1 aliphatic rings. The number of nitrogens with one attached hydrogen (secondary N) is 2. The number of hydrogen-bond donors (Lipinski definition) is 2. The Labute approximate surface area is 159 Å². The van der Waals surface area contributed by atoms with Gasteiger partial charge in [0.05, 0.1) is 18.8 Å². The SMILES string of the molecule is Cc1ccc(OC(C)CNC(=O)c2cn(C3CCNCC3)nn2)cc1.Cl. The van der Waals surface area contributed by atoms with Crippen LogP contribution in [-0.2, 0) is 0 Å². The Kier molecular flexibility index (Phi) is 7.41. The van der Waals surface area contributed by atoms with Crippen LogP contribution in [0.4, 0.5) is 0 Å². The predicted octanol–water partition coefficient (Wildman–Crippen LogP) is 2.13. The fourth-order valence-corrected chi connectivity index (χ4v) is 2.85. The van der Waals surface area contributed by atoms with Crippen molar-refractivity contribution in [1.82, 2.24) is 25.6 Å². The molecule has 1 aromatic carbocycles. The first-order chi connectivity index (χ1) is 12.1. The first kappa shape index (κ1) is 20.2. The average Bonchev–Trinajstić information content (AvgIpc) is 3.13. The Balaban J connectivity index is 0.00000243. The van der Waals surface area contributed by atoms with E-state index in [1.807, 2.05) is 42.8 Å². The minimum atomic E-state index is -0.223. The zero-order chi connectivity index (χ0) is 17.6. The first-order valence-electron chi connectivity index (χ1n) is 8.76. The lowest BCUT2D eigenvalue weighted by molar-refractivity contribution is 0.0927. The van der Waals surface area contributed by atoms with E-state index in [4.69, 9.17) is 4.74 Å². The monoisotopic (exact) mass is 379 g/mol. The number of aromatic nitrogens is 3. The van der Waals surface area contributed by atoms with Crippen molar-refractivity contribution in [2.24, 2.45) is 0 Å². The molecular formula is C18H26ClN5O2. The number of nitrogens with zero attached hydrogens (tertiary/aromatic N) is 3. The highest BCUT2D eigenvalue weighted by atomic mass is 35.5. The summed E-state index contributed by atoms with van der Waals surface area (Å²) in [5, 5.41) is 14.3. The van der Waals surface area contributed by atoms with Gasteiger partial charge in [-0.05, 0) is 51.9 Å². The van der Waals surface area contributed by atoms with Gasteiger partial charge in [0.25, 0.3) is 5.91 Å². The zero-order valence-corrected chi connectivity index (χ0v) is 16.0. The zero-order valence-electron chi connectivity index (χ0n) is 15.1. The van der Waals surface area contributed by atoms with Crippen molar-refractivity contribution >= 4 is 18.3 Å². The molecule has 1 unspecified atom stereocenters. The Morgan fingerprint density at radius 2 is 2.04 bits per heavy atom. The number of piperidine rings is 1. The summed E-state index contributed by atoms with van der Waals surface area (Å²) < 4.78 is 7.60. The third-order valence-electron chi connectivity index (χ3n) is 4.33. The van der Waals surface area contributed by atoms with Gasteiger partial charge in [-0.25, -0.2) is 4.68 Å². The van der Waals surface area contributed by atoms with Crippen molar-refractivity contribution < 1.29 is 9.53 Å². The van der Waals surface area contributed by atoms with Crippen molar-refractivity contribution in [3.05, 3.63) is 41.7 Å². The van der Waals surface area contributed by atoms with Gasteiger partial charge in [0.1, 0.15) is 11.9 Å². The lowest BCUT2D eigenvalue weighted by atomic mass is 10.1. The van der Waals surface area contributed by atoms with Crippen LogP contribution in [0.1, 0.15) is 41.9 Å². The van der Waals surface area contributed by atoms with Gasteiger partial charge in [0, 0.05) is 0 Å². The van der Waals surface area contributed by atoms with Crippen LogP contribution in [0.15, 0.2) is 30.5 Å². The molecule has 2 heterocycles. The molecule has 1 aromatic heterocycles. The Hall–Kier alpha value is -2.12. The maximum atomic E-state index is 12.2. The second-order valence-corrected chi connectivity index (χ2v) is 6.52. The molecule has 8 heteroatoms. The van der Waals surface area contributed by atoms with Gasteiger partial charge in [-0.15, -0.1) is 17.5 Å². The van der Waals surface area contributed by atoms with E-state index in [0.717, 1.165) is 31.7 Å². The van der Waals surface area contributed by atoms with Gasteiger partial charge in [0.2, 0.25) is 0 Å². The standard InChI is InChI=1S/C18H25N5O2.ClH/c1-13-3-5-16(6-4-13)25-14(2)11-20-18(24)17-12-23(22-21-17)15-7-9-19-10-8-15;/h3-6,12,14-15,19H,7-11H2,1-2H3,(H,20,24);1H. The Bertz CT molecular complexity index is 698. The van der Waals surface area contributed by atoms with Crippen LogP contribution >= 0.6 is 12.4 Å². The molecule has 2 aromatic rings. The van der Waals surface area contributed by atoms with E-state index >= 15 is 0 Å². The number of amides is 1. The van der Waals surface area contributed by atoms with Gasteiger partial charge in [0.15, 0.2) is 5.69 Å². The molecule has 7 nitrogen and oxygen atoms in total. The van der Waals surface area contributed by atoms with Gasteiger partial charge >= 0.3 is 0 Å². The number of carbonyl (C=O) groups excluding carboxylic acids is 1. The predicted molar refractivity (Wildman–Crippen MR) is 102 cm³/mol. The van der Waals surface area contributed by atoms with Crippen LogP contribution in [0.3, 0.4) is 0 Å². The van der Waals surface area contributed by atoms with Crippen molar-refractivity contribution in [3.63, 3.8) is 0 Å². The number of rotatable bonds is 6. The molecule has 1 saturated heterocycles. The molecular weight excluding hydrogens is 354 g/mol. The molecule has 0 saturated carbocycles. The topological polar surface area (TPSA) is 81.1 Å². The highest BCUT2D eigenvalue weighted by Crippen LogP contribution is 2.17. The minimum Gasteiger partial charge on any atom is -0.489 e. The van der Waals surface area contributed by atoms with Crippen LogP contribution < -0.4 is 15.4 Å². The summed E-state index contributed by atoms with van der Waals surface area (Å²) in [7, 11) is 0. The van der Waals surface area contributed by atoms with Gasteiger partial charge in [-0.2, -0.15) is 0 Å². The molecule has 142 valence electrons. The lowest BCUT2D eigenvalue weighted by Crippen LogP contribution is -2.33. The summed E-state index contributed by atoms with van der Waals surface area (Å²) in [5.74, 6) is 0.573. The largest absolute Gasteiger partial charge is 0.489 e. The van der Waals surface area contributed by atoms with E-state index in [2.05, 4.69) is 20.9 Å². The minimum absolute atomic E-state index is 0. The van der Waals surface area contributed by atoms with Gasteiger partial charge < -0.3 is 15.4 Å². The quantitative estimate of drug-likeness (QED) is 0.803. The molecule has 0 radical (unpaired) electrons. The molecule has 2 N–H and O–H groups in total. The van der Waals surface area contributed by atoms with E-state index in [-0.39, 0.29) is 24.4 Å². The van der Waals surface area contributed by atoms with Gasteiger partial charge in [-0.3, -0.25) is 4.79 Å². The maximum Gasteiger partial charge on any atom is 0.273 e. The molecule has 0 aliphatic carbocycles.